The molecule has 1 aromatic heterocycles. The standard InChI is InChI=1S/C19H26N3/c1-20-13-4-14-22(3)19-9-7-17(8-10-19)5-6-18-11-15-21(2)16-12-18/h5-12,15-16,20H,4,13-14H2,1-3H3/q+1. The van der Waals surface area contributed by atoms with Crippen molar-refractivity contribution in [3.8, 4) is 0 Å². The topological polar surface area (TPSA) is 19.1 Å². The summed E-state index contributed by atoms with van der Waals surface area (Å²) in [4.78, 5) is 2.29. The minimum atomic E-state index is 1.06. The Balaban J connectivity index is 1.95. The van der Waals surface area contributed by atoms with Gasteiger partial charge in [0.05, 0.1) is 0 Å². The number of nitrogens with zero attached hydrogens (tertiary/aromatic N) is 2. The van der Waals surface area contributed by atoms with E-state index in [1.165, 1.54) is 16.8 Å². The minimum Gasteiger partial charge on any atom is -0.375 e. The van der Waals surface area contributed by atoms with Gasteiger partial charge in [-0.05, 0) is 43.3 Å². The predicted octanol–water partition coefficient (Wildman–Crippen LogP) is 2.73. The van der Waals surface area contributed by atoms with Crippen molar-refractivity contribution in [3.63, 3.8) is 0 Å². The monoisotopic (exact) mass is 296 g/mol. The number of aromatic nitrogens is 1. The molecule has 2 aromatic rings. The number of hydrogen-bond donors (Lipinski definition) is 1. The van der Waals surface area contributed by atoms with Gasteiger partial charge >= 0.3 is 0 Å². The van der Waals surface area contributed by atoms with Gasteiger partial charge in [0.1, 0.15) is 7.05 Å². The van der Waals surface area contributed by atoms with Gasteiger partial charge in [-0.3, -0.25) is 0 Å². The Morgan fingerprint density at radius 2 is 1.59 bits per heavy atom. The minimum absolute atomic E-state index is 1.06. The Bertz CT molecular complexity index is 585. The summed E-state index contributed by atoms with van der Waals surface area (Å²) in [6.07, 6.45) is 9.57. The van der Waals surface area contributed by atoms with Crippen molar-refractivity contribution in [1.29, 1.82) is 0 Å². The summed E-state index contributed by atoms with van der Waals surface area (Å²) in [5.74, 6) is 0. The quantitative estimate of drug-likeness (QED) is 0.626. The molecule has 0 aliphatic heterocycles. The van der Waals surface area contributed by atoms with Gasteiger partial charge in [0.15, 0.2) is 12.4 Å². The fourth-order valence-electron chi connectivity index (χ4n) is 2.28. The number of aryl methyl sites for hydroxylation is 1. The van der Waals surface area contributed by atoms with Crippen LogP contribution >= 0.6 is 0 Å². The Hall–Kier alpha value is -2.13. The average Bonchev–Trinajstić information content (AvgIpc) is 2.55. The molecule has 3 heteroatoms. The number of anilines is 1. The van der Waals surface area contributed by atoms with Crippen LogP contribution in [0.15, 0.2) is 48.8 Å². The first-order valence-corrected chi connectivity index (χ1v) is 7.78. The molecule has 0 bridgehead atoms. The molecule has 0 spiro atoms. The lowest BCUT2D eigenvalue weighted by atomic mass is 10.1. The highest BCUT2D eigenvalue weighted by atomic mass is 15.1. The Kier molecular flexibility index (Phi) is 6.16. The molecule has 1 heterocycles. The van der Waals surface area contributed by atoms with E-state index in [-0.39, 0.29) is 0 Å². The molecule has 1 aromatic carbocycles. The maximum atomic E-state index is 3.18. The van der Waals surface area contributed by atoms with Gasteiger partial charge in [-0.1, -0.05) is 24.3 Å². The molecule has 0 atom stereocenters. The van der Waals surface area contributed by atoms with Gasteiger partial charge in [0.25, 0.3) is 0 Å². The number of pyridine rings is 1. The van der Waals surface area contributed by atoms with E-state index in [1.54, 1.807) is 0 Å². The molecule has 0 saturated carbocycles. The molecule has 0 aliphatic rings. The molecule has 0 amide bonds. The summed E-state index contributed by atoms with van der Waals surface area (Å²) in [5.41, 5.74) is 3.70. The third kappa shape index (κ3) is 5.01. The third-order valence-corrected chi connectivity index (χ3v) is 3.73. The van der Waals surface area contributed by atoms with Crippen molar-refractivity contribution in [1.82, 2.24) is 5.32 Å². The van der Waals surface area contributed by atoms with Crippen molar-refractivity contribution in [2.24, 2.45) is 7.05 Å². The lowest BCUT2D eigenvalue weighted by Crippen LogP contribution is -2.25. The van der Waals surface area contributed by atoms with Crippen LogP contribution in [0.5, 0.6) is 0 Å². The number of benzene rings is 1. The second-order valence-electron chi connectivity index (χ2n) is 5.60. The zero-order valence-electron chi connectivity index (χ0n) is 13.8. The molecule has 2 rings (SSSR count). The summed E-state index contributed by atoms with van der Waals surface area (Å²) in [5, 5.41) is 3.18. The lowest BCUT2D eigenvalue weighted by Gasteiger charge is -2.19. The maximum absolute atomic E-state index is 3.18. The van der Waals surface area contributed by atoms with Crippen molar-refractivity contribution in [3.05, 3.63) is 59.9 Å². The first kappa shape index (κ1) is 16.2. The Morgan fingerprint density at radius 1 is 1.00 bits per heavy atom. The van der Waals surface area contributed by atoms with Crippen LogP contribution < -0.4 is 14.8 Å². The van der Waals surface area contributed by atoms with Crippen LogP contribution in [0.4, 0.5) is 5.69 Å². The first-order valence-electron chi connectivity index (χ1n) is 7.78. The van der Waals surface area contributed by atoms with Crippen molar-refractivity contribution in [2.75, 3.05) is 32.1 Å². The summed E-state index contributed by atoms with van der Waals surface area (Å²) in [7, 11) is 6.16. The fourth-order valence-corrected chi connectivity index (χ4v) is 2.28. The zero-order valence-corrected chi connectivity index (χ0v) is 13.8. The molecule has 0 aliphatic carbocycles. The van der Waals surface area contributed by atoms with Crippen LogP contribution in [-0.4, -0.2) is 27.2 Å². The second-order valence-corrected chi connectivity index (χ2v) is 5.60. The van der Waals surface area contributed by atoms with Gasteiger partial charge in [-0.15, -0.1) is 0 Å². The van der Waals surface area contributed by atoms with E-state index in [9.17, 15) is 0 Å². The van der Waals surface area contributed by atoms with Crippen LogP contribution in [0, 0.1) is 0 Å². The largest absolute Gasteiger partial charge is 0.375 e. The van der Waals surface area contributed by atoms with E-state index in [4.69, 9.17) is 0 Å². The van der Waals surface area contributed by atoms with E-state index >= 15 is 0 Å². The molecule has 0 saturated heterocycles. The van der Waals surface area contributed by atoms with Gasteiger partial charge in [-0.25, -0.2) is 4.57 Å². The number of hydrogen-bond acceptors (Lipinski definition) is 2. The zero-order chi connectivity index (χ0) is 15.8. The van der Waals surface area contributed by atoms with Crippen LogP contribution in [-0.2, 0) is 7.05 Å². The van der Waals surface area contributed by atoms with E-state index in [2.05, 4.69) is 78.2 Å². The molecule has 1 N–H and O–H groups in total. The third-order valence-electron chi connectivity index (χ3n) is 3.73. The molecule has 22 heavy (non-hydrogen) atoms. The smallest absolute Gasteiger partial charge is 0.169 e. The second kappa shape index (κ2) is 8.35. The summed E-state index contributed by atoms with van der Waals surface area (Å²) in [6, 6.07) is 12.9. The van der Waals surface area contributed by atoms with Crippen LogP contribution in [0.25, 0.3) is 12.2 Å². The normalized spacial score (nSPS) is 11.0. The van der Waals surface area contributed by atoms with Crippen LogP contribution in [0.3, 0.4) is 0 Å². The molecule has 116 valence electrons. The maximum Gasteiger partial charge on any atom is 0.169 e. The molecular weight excluding hydrogens is 270 g/mol. The molecule has 3 nitrogen and oxygen atoms in total. The van der Waals surface area contributed by atoms with Crippen LogP contribution in [0.2, 0.25) is 0 Å². The number of nitrogens with one attached hydrogen (secondary N) is 1. The van der Waals surface area contributed by atoms with E-state index < -0.39 is 0 Å². The number of rotatable bonds is 7. The SMILES string of the molecule is CNCCCN(C)c1ccc(/C=C/c2cc[n+](C)cc2)cc1. The van der Waals surface area contributed by atoms with E-state index in [0.717, 1.165) is 19.5 Å². The summed E-state index contributed by atoms with van der Waals surface area (Å²) < 4.78 is 2.04. The molecule has 0 radical (unpaired) electrons. The van der Waals surface area contributed by atoms with Crippen molar-refractivity contribution in [2.45, 2.75) is 6.42 Å². The van der Waals surface area contributed by atoms with Gasteiger partial charge in [0, 0.05) is 31.4 Å². The Morgan fingerprint density at radius 3 is 2.18 bits per heavy atom. The Labute approximate surface area is 133 Å². The molecular formula is C19H26N3+. The summed E-state index contributed by atoms with van der Waals surface area (Å²) in [6.45, 7) is 2.12. The van der Waals surface area contributed by atoms with Gasteiger partial charge < -0.3 is 10.2 Å². The average molecular weight is 296 g/mol. The molecule has 0 fully saturated rings. The summed E-state index contributed by atoms with van der Waals surface area (Å²) >= 11 is 0. The highest BCUT2D eigenvalue weighted by Crippen LogP contribution is 2.15. The van der Waals surface area contributed by atoms with Crippen molar-refractivity contribution < 1.29 is 4.57 Å². The predicted molar refractivity (Wildman–Crippen MR) is 94.8 cm³/mol. The van der Waals surface area contributed by atoms with Crippen LogP contribution in [0.1, 0.15) is 17.5 Å². The van der Waals surface area contributed by atoms with Crippen molar-refractivity contribution >= 4 is 17.8 Å². The van der Waals surface area contributed by atoms with E-state index in [0.29, 0.717) is 0 Å². The highest BCUT2D eigenvalue weighted by Gasteiger charge is 1.99. The highest BCUT2D eigenvalue weighted by molar-refractivity contribution is 5.70. The molecule has 0 unspecified atom stereocenters. The van der Waals surface area contributed by atoms with Gasteiger partial charge in [-0.2, -0.15) is 0 Å². The lowest BCUT2D eigenvalue weighted by molar-refractivity contribution is -0.671. The fraction of sp³-hybridized carbons (Fsp3) is 0.316. The van der Waals surface area contributed by atoms with E-state index in [1.807, 2.05) is 18.7 Å². The van der Waals surface area contributed by atoms with Gasteiger partial charge in [0.2, 0.25) is 0 Å². The first-order chi connectivity index (χ1) is 10.7.